The number of pyridine rings is 1. The van der Waals surface area contributed by atoms with Crippen molar-refractivity contribution in [3.63, 3.8) is 0 Å². The summed E-state index contributed by atoms with van der Waals surface area (Å²) in [5, 5.41) is 1.73. The number of likely N-dealkylation sites (N-methyl/N-ethyl adjacent to an activating group) is 1. The third-order valence-electron chi connectivity index (χ3n) is 3.76. The molecular formula is C19H17ClN2O. The van der Waals surface area contributed by atoms with Gasteiger partial charge >= 0.3 is 0 Å². The zero-order valence-electron chi connectivity index (χ0n) is 13.1. The van der Waals surface area contributed by atoms with E-state index < -0.39 is 0 Å². The van der Waals surface area contributed by atoms with Crippen LogP contribution in [0.3, 0.4) is 0 Å². The molecule has 3 nitrogen and oxygen atoms in total. The number of hydrogen-bond acceptors (Lipinski definition) is 2. The maximum absolute atomic E-state index is 11.7. The third-order valence-corrected chi connectivity index (χ3v) is 3.99. The summed E-state index contributed by atoms with van der Waals surface area (Å²) in [6.45, 7) is 0. The molecule has 23 heavy (non-hydrogen) atoms. The number of amides is 1. The van der Waals surface area contributed by atoms with Gasteiger partial charge in [-0.05, 0) is 29.8 Å². The van der Waals surface area contributed by atoms with Gasteiger partial charge in [-0.15, -0.1) is 0 Å². The fraction of sp³-hybridized carbons (Fsp3) is 0.158. The molecule has 0 N–H and O–H groups in total. The Hall–Kier alpha value is -2.39. The molecule has 116 valence electrons. The number of carbonyl (C=O) groups is 1. The predicted molar refractivity (Wildman–Crippen MR) is 94.6 cm³/mol. The van der Waals surface area contributed by atoms with Crippen molar-refractivity contribution in [2.45, 2.75) is 6.42 Å². The molecule has 0 spiro atoms. The summed E-state index contributed by atoms with van der Waals surface area (Å²) in [6, 6.07) is 17.6. The molecule has 0 aliphatic carbocycles. The van der Waals surface area contributed by atoms with E-state index in [2.05, 4.69) is 4.98 Å². The highest BCUT2D eigenvalue weighted by Gasteiger charge is 2.07. The molecule has 1 heterocycles. The van der Waals surface area contributed by atoms with Crippen molar-refractivity contribution in [3.05, 3.63) is 65.2 Å². The van der Waals surface area contributed by atoms with E-state index in [1.165, 1.54) is 0 Å². The lowest BCUT2D eigenvalue weighted by molar-refractivity contribution is -0.127. The topological polar surface area (TPSA) is 33.2 Å². The third kappa shape index (κ3) is 3.51. The van der Waals surface area contributed by atoms with Crippen LogP contribution < -0.4 is 0 Å². The quantitative estimate of drug-likeness (QED) is 0.724. The smallest absolute Gasteiger partial charge is 0.226 e. The molecule has 1 amide bonds. The van der Waals surface area contributed by atoms with Gasteiger partial charge in [0, 0.05) is 30.1 Å². The van der Waals surface area contributed by atoms with Gasteiger partial charge in [0.1, 0.15) is 0 Å². The summed E-state index contributed by atoms with van der Waals surface area (Å²) in [5.74, 6) is 0.0958. The van der Waals surface area contributed by atoms with Crippen LogP contribution in [0.15, 0.2) is 54.6 Å². The van der Waals surface area contributed by atoms with Gasteiger partial charge in [-0.25, -0.2) is 4.98 Å². The summed E-state index contributed by atoms with van der Waals surface area (Å²) in [4.78, 5) is 18.0. The molecule has 4 heteroatoms. The average molecular weight is 325 g/mol. The van der Waals surface area contributed by atoms with E-state index in [0.29, 0.717) is 11.4 Å². The molecule has 0 aliphatic heterocycles. The Kier molecular flexibility index (Phi) is 4.30. The number of carbonyl (C=O) groups excluding carboxylic acids is 1. The Labute approximate surface area is 140 Å². The summed E-state index contributed by atoms with van der Waals surface area (Å²) in [5.41, 5.74) is 3.85. The first-order chi connectivity index (χ1) is 11.0. The van der Waals surface area contributed by atoms with Crippen LogP contribution in [0, 0.1) is 0 Å². The van der Waals surface area contributed by atoms with Crippen molar-refractivity contribution >= 4 is 28.4 Å². The fourth-order valence-electron chi connectivity index (χ4n) is 2.38. The maximum atomic E-state index is 11.7. The summed E-state index contributed by atoms with van der Waals surface area (Å²) < 4.78 is 0. The molecule has 0 saturated heterocycles. The SMILES string of the molecule is CN(C)C(=O)Cc1ccc(-c2ccc3cc(Cl)ccc3n2)cc1. The van der Waals surface area contributed by atoms with Crippen LogP contribution >= 0.6 is 11.6 Å². The second-order valence-electron chi connectivity index (χ2n) is 5.70. The number of halogens is 1. The lowest BCUT2D eigenvalue weighted by Gasteiger charge is -2.10. The second-order valence-corrected chi connectivity index (χ2v) is 6.13. The van der Waals surface area contributed by atoms with Crippen LogP contribution in [0.25, 0.3) is 22.2 Å². The van der Waals surface area contributed by atoms with Crippen molar-refractivity contribution in [2.24, 2.45) is 0 Å². The summed E-state index contributed by atoms with van der Waals surface area (Å²) in [6.07, 6.45) is 0.414. The minimum absolute atomic E-state index is 0.0958. The molecule has 0 unspecified atom stereocenters. The average Bonchev–Trinajstić information content (AvgIpc) is 2.55. The molecule has 2 aromatic carbocycles. The maximum Gasteiger partial charge on any atom is 0.226 e. The number of benzene rings is 2. The Morgan fingerprint density at radius 2 is 1.78 bits per heavy atom. The first-order valence-electron chi connectivity index (χ1n) is 7.39. The first-order valence-corrected chi connectivity index (χ1v) is 7.76. The molecule has 0 bridgehead atoms. The number of rotatable bonds is 3. The number of aromatic nitrogens is 1. The van der Waals surface area contributed by atoms with E-state index in [0.717, 1.165) is 27.7 Å². The number of nitrogens with zero attached hydrogens (tertiary/aromatic N) is 2. The van der Waals surface area contributed by atoms with Gasteiger partial charge in [-0.1, -0.05) is 41.9 Å². The zero-order valence-corrected chi connectivity index (χ0v) is 13.8. The zero-order chi connectivity index (χ0) is 16.4. The highest BCUT2D eigenvalue weighted by atomic mass is 35.5. The standard InChI is InChI=1S/C19H17ClN2O/c1-22(2)19(23)11-13-3-5-14(6-4-13)17-9-7-15-12-16(20)8-10-18(15)21-17/h3-10,12H,11H2,1-2H3. The van der Waals surface area contributed by atoms with Gasteiger partial charge in [-0.2, -0.15) is 0 Å². The minimum atomic E-state index is 0.0958. The Morgan fingerprint density at radius 3 is 2.48 bits per heavy atom. The van der Waals surface area contributed by atoms with E-state index in [-0.39, 0.29) is 5.91 Å². The van der Waals surface area contributed by atoms with Crippen LogP contribution in [0.5, 0.6) is 0 Å². The van der Waals surface area contributed by atoms with E-state index >= 15 is 0 Å². The van der Waals surface area contributed by atoms with Crippen molar-refractivity contribution in [2.75, 3.05) is 14.1 Å². The summed E-state index contributed by atoms with van der Waals surface area (Å²) >= 11 is 6.00. The summed E-state index contributed by atoms with van der Waals surface area (Å²) in [7, 11) is 3.53. The van der Waals surface area contributed by atoms with E-state index in [9.17, 15) is 4.79 Å². The van der Waals surface area contributed by atoms with E-state index in [1.54, 1.807) is 19.0 Å². The predicted octanol–water partition coefficient (Wildman–Crippen LogP) is 4.19. The second kappa shape index (κ2) is 6.39. The molecule has 0 atom stereocenters. The van der Waals surface area contributed by atoms with Crippen molar-refractivity contribution in [3.8, 4) is 11.3 Å². The van der Waals surface area contributed by atoms with E-state index in [4.69, 9.17) is 11.6 Å². The van der Waals surface area contributed by atoms with Crippen molar-refractivity contribution in [1.82, 2.24) is 9.88 Å². The Morgan fingerprint density at radius 1 is 1.04 bits per heavy atom. The first kappa shape index (κ1) is 15.5. The fourth-order valence-corrected chi connectivity index (χ4v) is 2.56. The van der Waals surface area contributed by atoms with Gasteiger partial charge in [0.2, 0.25) is 5.91 Å². The molecule has 0 saturated carbocycles. The van der Waals surface area contributed by atoms with Crippen LogP contribution in [0.2, 0.25) is 5.02 Å². The molecule has 3 aromatic rings. The van der Waals surface area contributed by atoms with Crippen LogP contribution in [0.1, 0.15) is 5.56 Å². The number of hydrogen-bond donors (Lipinski definition) is 0. The lowest BCUT2D eigenvalue weighted by Crippen LogP contribution is -2.23. The van der Waals surface area contributed by atoms with Gasteiger partial charge in [0.15, 0.2) is 0 Å². The lowest BCUT2D eigenvalue weighted by atomic mass is 10.1. The normalized spacial score (nSPS) is 10.7. The molecular weight excluding hydrogens is 308 g/mol. The molecule has 3 rings (SSSR count). The van der Waals surface area contributed by atoms with Crippen LogP contribution in [-0.2, 0) is 11.2 Å². The van der Waals surface area contributed by atoms with Crippen molar-refractivity contribution < 1.29 is 4.79 Å². The van der Waals surface area contributed by atoms with Crippen molar-refractivity contribution in [1.29, 1.82) is 0 Å². The molecule has 0 aliphatic rings. The van der Waals surface area contributed by atoms with Gasteiger partial charge < -0.3 is 4.90 Å². The number of fused-ring (bicyclic) bond motifs is 1. The Bertz CT molecular complexity index is 857. The highest BCUT2D eigenvalue weighted by Crippen LogP contribution is 2.23. The van der Waals surface area contributed by atoms with Crippen LogP contribution in [0.4, 0.5) is 0 Å². The van der Waals surface area contributed by atoms with Gasteiger partial charge in [0.05, 0.1) is 17.6 Å². The largest absolute Gasteiger partial charge is 0.349 e. The Balaban J connectivity index is 1.87. The minimum Gasteiger partial charge on any atom is -0.349 e. The van der Waals surface area contributed by atoms with Gasteiger partial charge in [0.25, 0.3) is 0 Å². The highest BCUT2D eigenvalue weighted by molar-refractivity contribution is 6.31. The molecule has 1 aromatic heterocycles. The van der Waals surface area contributed by atoms with Crippen LogP contribution in [-0.4, -0.2) is 29.9 Å². The monoisotopic (exact) mass is 324 g/mol. The molecule has 0 radical (unpaired) electrons. The molecule has 0 fully saturated rings. The van der Waals surface area contributed by atoms with Gasteiger partial charge in [-0.3, -0.25) is 4.79 Å². The van der Waals surface area contributed by atoms with E-state index in [1.807, 2.05) is 54.6 Å².